The molecule has 29 heavy (non-hydrogen) atoms. The third-order valence-electron chi connectivity index (χ3n) is 5.00. The second kappa shape index (κ2) is 8.03. The number of nitrogens with one attached hydrogen (secondary N) is 2. The van der Waals surface area contributed by atoms with Crippen molar-refractivity contribution in [3.05, 3.63) is 71.4 Å². The van der Waals surface area contributed by atoms with Crippen molar-refractivity contribution in [1.82, 2.24) is 10.3 Å². The van der Waals surface area contributed by atoms with Crippen LogP contribution < -0.4 is 10.6 Å². The number of pyridine rings is 1. The van der Waals surface area contributed by atoms with Crippen LogP contribution in [0.2, 0.25) is 0 Å². The Morgan fingerprint density at radius 2 is 1.79 bits per heavy atom. The first kappa shape index (κ1) is 19.1. The SMILES string of the molecule is CC(C)NC(=O)Cc1ccc(NC(=O)c2cc(C3CC3)nc3ccccc23)cc1. The smallest absolute Gasteiger partial charge is 0.256 e. The summed E-state index contributed by atoms with van der Waals surface area (Å²) in [6.45, 7) is 3.88. The largest absolute Gasteiger partial charge is 0.354 e. The Bertz CT molecular complexity index is 1050. The van der Waals surface area contributed by atoms with E-state index in [0.29, 0.717) is 23.6 Å². The van der Waals surface area contributed by atoms with E-state index in [2.05, 4.69) is 10.6 Å². The summed E-state index contributed by atoms with van der Waals surface area (Å²) in [5.41, 5.74) is 4.12. The zero-order valence-electron chi connectivity index (χ0n) is 16.7. The van der Waals surface area contributed by atoms with Crippen LogP contribution in [0.15, 0.2) is 54.6 Å². The van der Waals surface area contributed by atoms with E-state index in [0.717, 1.165) is 35.0 Å². The van der Waals surface area contributed by atoms with Gasteiger partial charge in [0.15, 0.2) is 0 Å². The maximum absolute atomic E-state index is 13.0. The molecule has 5 heteroatoms. The Hall–Kier alpha value is -3.21. The number of benzene rings is 2. The first-order valence-electron chi connectivity index (χ1n) is 10.1. The van der Waals surface area contributed by atoms with Crippen LogP contribution in [0.1, 0.15) is 54.2 Å². The van der Waals surface area contributed by atoms with E-state index in [-0.39, 0.29) is 17.9 Å². The minimum absolute atomic E-state index is 0.00681. The predicted molar refractivity (Wildman–Crippen MR) is 115 cm³/mol. The molecule has 0 aliphatic heterocycles. The lowest BCUT2D eigenvalue weighted by Crippen LogP contribution is -2.31. The molecule has 2 amide bonds. The molecule has 148 valence electrons. The van der Waals surface area contributed by atoms with Gasteiger partial charge < -0.3 is 10.6 Å². The summed E-state index contributed by atoms with van der Waals surface area (Å²) in [5, 5.41) is 6.72. The molecule has 0 bridgehead atoms. The van der Waals surface area contributed by atoms with Crippen molar-refractivity contribution < 1.29 is 9.59 Å². The molecule has 3 aromatic rings. The number of aromatic nitrogens is 1. The molecule has 1 aliphatic rings. The Kier molecular flexibility index (Phi) is 5.30. The van der Waals surface area contributed by atoms with Gasteiger partial charge in [0.2, 0.25) is 5.91 Å². The molecule has 1 saturated carbocycles. The van der Waals surface area contributed by atoms with Crippen molar-refractivity contribution in [3.8, 4) is 0 Å². The molecule has 1 heterocycles. The zero-order chi connectivity index (χ0) is 20.4. The maximum Gasteiger partial charge on any atom is 0.256 e. The van der Waals surface area contributed by atoms with E-state index in [1.165, 1.54) is 0 Å². The summed E-state index contributed by atoms with van der Waals surface area (Å²) < 4.78 is 0. The predicted octanol–water partition coefficient (Wildman–Crippen LogP) is 4.43. The Labute approximate surface area is 170 Å². The van der Waals surface area contributed by atoms with E-state index in [4.69, 9.17) is 4.98 Å². The molecule has 0 radical (unpaired) electrons. The fourth-order valence-electron chi connectivity index (χ4n) is 3.43. The lowest BCUT2D eigenvalue weighted by Gasteiger charge is -2.11. The number of carbonyl (C=O) groups is 2. The number of fused-ring (bicyclic) bond motifs is 1. The van der Waals surface area contributed by atoms with Crippen LogP contribution in [0.3, 0.4) is 0 Å². The van der Waals surface area contributed by atoms with Gasteiger partial charge in [-0.05, 0) is 56.5 Å². The van der Waals surface area contributed by atoms with Crippen LogP contribution in [0, 0.1) is 0 Å². The minimum atomic E-state index is -0.143. The van der Waals surface area contributed by atoms with E-state index in [1.807, 2.05) is 68.4 Å². The number of para-hydroxylation sites is 1. The van der Waals surface area contributed by atoms with E-state index < -0.39 is 0 Å². The number of hydrogen-bond donors (Lipinski definition) is 2. The number of carbonyl (C=O) groups excluding carboxylic acids is 2. The standard InChI is InChI=1S/C24H25N3O2/c1-15(2)25-23(28)13-16-7-11-18(12-8-16)26-24(29)20-14-22(17-9-10-17)27-21-6-4-3-5-19(20)21/h3-8,11-12,14-15,17H,9-10,13H2,1-2H3,(H,25,28)(H,26,29). The Morgan fingerprint density at radius 1 is 1.07 bits per heavy atom. The lowest BCUT2D eigenvalue weighted by molar-refractivity contribution is -0.120. The normalized spacial score (nSPS) is 13.5. The molecule has 0 spiro atoms. The van der Waals surface area contributed by atoms with Gasteiger partial charge in [-0.25, -0.2) is 0 Å². The van der Waals surface area contributed by atoms with Crippen LogP contribution in [-0.2, 0) is 11.2 Å². The average Bonchev–Trinajstić information content (AvgIpc) is 3.53. The second-order valence-corrected chi connectivity index (χ2v) is 7.94. The number of amides is 2. The quantitative estimate of drug-likeness (QED) is 0.657. The highest BCUT2D eigenvalue weighted by molar-refractivity contribution is 6.12. The molecule has 5 nitrogen and oxygen atoms in total. The second-order valence-electron chi connectivity index (χ2n) is 7.94. The lowest BCUT2D eigenvalue weighted by atomic mass is 10.0. The summed E-state index contributed by atoms with van der Waals surface area (Å²) in [5.74, 6) is 0.325. The van der Waals surface area contributed by atoms with Gasteiger partial charge in [0.05, 0.1) is 17.5 Å². The minimum Gasteiger partial charge on any atom is -0.354 e. The van der Waals surface area contributed by atoms with E-state index in [1.54, 1.807) is 0 Å². The molecule has 1 aromatic heterocycles. The highest BCUT2D eigenvalue weighted by atomic mass is 16.2. The van der Waals surface area contributed by atoms with Crippen molar-refractivity contribution in [2.75, 3.05) is 5.32 Å². The van der Waals surface area contributed by atoms with Gasteiger partial charge >= 0.3 is 0 Å². The molecule has 2 N–H and O–H groups in total. The van der Waals surface area contributed by atoms with Gasteiger partial charge in [0, 0.05) is 28.7 Å². The van der Waals surface area contributed by atoms with Gasteiger partial charge in [-0.2, -0.15) is 0 Å². The van der Waals surface area contributed by atoms with Crippen LogP contribution in [-0.4, -0.2) is 22.8 Å². The summed E-state index contributed by atoms with van der Waals surface area (Å²) in [6.07, 6.45) is 2.60. The first-order valence-corrected chi connectivity index (χ1v) is 10.1. The Balaban J connectivity index is 1.51. The van der Waals surface area contributed by atoms with Crippen LogP contribution in [0.5, 0.6) is 0 Å². The number of rotatable bonds is 6. The van der Waals surface area contributed by atoms with Gasteiger partial charge in [-0.15, -0.1) is 0 Å². The topological polar surface area (TPSA) is 71.1 Å². The fraction of sp³-hybridized carbons (Fsp3) is 0.292. The number of anilines is 1. The van der Waals surface area contributed by atoms with Crippen molar-refractivity contribution in [1.29, 1.82) is 0 Å². The molecule has 1 aliphatic carbocycles. The molecular formula is C24H25N3O2. The summed E-state index contributed by atoms with van der Waals surface area (Å²) in [4.78, 5) is 29.6. The van der Waals surface area contributed by atoms with Gasteiger partial charge in [0.1, 0.15) is 0 Å². The molecule has 0 saturated heterocycles. The van der Waals surface area contributed by atoms with Gasteiger partial charge in [-0.3, -0.25) is 14.6 Å². The number of nitrogens with zero attached hydrogens (tertiary/aromatic N) is 1. The van der Waals surface area contributed by atoms with Crippen molar-refractivity contribution in [3.63, 3.8) is 0 Å². The van der Waals surface area contributed by atoms with Gasteiger partial charge in [0.25, 0.3) is 5.91 Å². The average molecular weight is 387 g/mol. The summed E-state index contributed by atoms with van der Waals surface area (Å²) in [7, 11) is 0. The highest BCUT2D eigenvalue weighted by Crippen LogP contribution is 2.40. The van der Waals surface area contributed by atoms with Crippen LogP contribution in [0.4, 0.5) is 5.69 Å². The first-order chi connectivity index (χ1) is 14.0. The fourth-order valence-corrected chi connectivity index (χ4v) is 3.43. The van der Waals surface area contributed by atoms with Crippen molar-refractivity contribution in [2.45, 2.75) is 45.1 Å². The van der Waals surface area contributed by atoms with Crippen molar-refractivity contribution in [2.24, 2.45) is 0 Å². The zero-order valence-corrected chi connectivity index (χ0v) is 16.7. The van der Waals surface area contributed by atoms with Crippen molar-refractivity contribution >= 4 is 28.4 Å². The van der Waals surface area contributed by atoms with Gasteiger partial charge in [-0.1, -0.05) is 30.3 Å². The molecular weight excluding hydrogens is 362 g/mol. The van der Waals surface area contributed by atoms with E-state index in [9.17, 15) is 9.59 Å². The molecule has 4 rings (SSSR count). The summed E-state index contributed by atoms with van der Waals surface area (Å²) >= 11 is 0. The number of hydrogen-bond acceptors (Lipinski definition) is 3. The van der Waals surface area contributed by atoms with Crippen LogP contribution in [0.25, 0.3) is 10.9 Å². The molecule has 0 atom stereocenters. The third-order valence-corrected chi connectivity index (χ3v) is 5.00. The molecule has 2 aromatic carbocycles. The molecule has 0 unspecified atom stereocenters. The Morgan fingerprint density at radius 3 is 2.48 bits per heavy atom. The summed E-state index contributed by atoms with van der Waals surface area (Å²) in [6, 6.07) is 17.2. The maximum atomic E-state index is 13.0. The van der Waals surface area contributed by atoms with E-state index >= 15 is 0 Å². The highest BCUT2D eigenvalue weighted by Gasteiger charge is 2.27. The molecule has 1 fully saturated rings. The monoisotopic (exact) mass is 387 g/mol. The third kappa shape index (κ3) is 4.62. The van der Waals surface area contributed by atoms with Crippen LogP contribution >= 0.6 is 0 Å².